The third-order valence-corrected chi connectivity index (χ3v) is 10.5. The van der Waals surface area contributed by atoms with E-state index in [2.05, 4.69) is 0 Å². The highest BCUT2D eigenvalue weighted by molar-refractivity contribution is 6.31. The maximum Gasteiger partial charge on any atom is 0.238 e. The van der Waals surface area contributed by atoms with Crippen LogP contribution in [0.25, 0.3) is 0 Å². The van der Waals surface area contributed by atoms with Gasteiger partial charge in [0.2, 0.25) is 23.6 Å². The Balaban J connectivity index is 1.22. The molecule has 4 amide bonds. The number of aromatic hydroxyl groups is 1. The van der Waals surface area contributed by atoms with Crippen LogP contribution in [0.2, 0.25) is 10.0 Å². The first kappa shape index (κ1) is 28.1. The number of rotatable bonds is 3. The summed E-state index contributed by atoms with van der Waals surface area (Å²) in [4.78, 5) is 58.7. The highest BCUT2D eigenvalue weighted by Crippen LogP contribution is 2.58. The van der Waals surface area contributed by atoms with Gasteiger partial charge < -0.3 is 9.84 Å². The molecule has 3 aliphatic heterocycles. The summed E-state index contributed by atoms with van der Waals surface area (Å²) in [6.45, 7) is 0. The number of ether oxygens (including phenoxy) is 1. The Morgan fingerprint density at radius 1 is 0.711 bits per heavy atom. The molecule has 0 bridgehead atoms. The van der Waals surface area contributed by atoms with Gasteiger partial charge in [0.25, 0.3) is 0 Å². The van der Waals surface area contributed by atoms with Crippen molar-refractivity contribution >= 4 is 58.2 Å². The molecule has 6 unspecified atom stereocenters. The second-order valence-electron chi connectivity index (χ2n) is 12.3. The number of amides is 4. The number of fused-ring (bicyclic) bond motifs is 5. The van der Waals surface area contributed by atoms with Crippen molar-refractivity contribution in [3.8, 4) is 11.5 Å². The van der Waals surface area contributed by atoms with Crippen molar-refractivity contribution in [1.29, 1.82) is 0 Å². The third-order valence-electron chi connectivity index (χ3n) is 9.99. The smallest absolute Gasteiger partial charge is 0.238 e. The van der Waals surface area contributed by atoms with Crippen LogP contribution in [0.15, 0.2) is 90.2 Å². The normalized spacial score (nSPS) is 28.6. The van der Waals surface area contributed by atoms with Gasteiger partial charge in [-0.05, 0) is 91.1 Å². The third kappa shape index (κ3) is 4.26. The molecule has 5 aliphatic rings. The summed E-state index contributed by atoms with van der Waals surface area (Å²) in [6, 6.07) is 18.0. The molecular formula is C35H26Cl2N2O6. The molecule has 1 saturated carbocycles. The number of anilines is 2. The van der Waals surface area contributed by atoms with Gasteiger partial charge >= 0.3 is 0 Å². The van der Waals surface area contributed by atoms with E-state index >= 15 is 0 Å². The van der Waals surface area contributed by atoms with E-state index in [0.717, 1.165) is 16.7 Å². The molecule has 226 valence electrons. The fourth-order valence-electron chi connectivity index (χ4n) is 8.10. The summed E-state index contributed by atoms with van der Waals surface area (Å²) in [7, 11) is 0. The Morgan fingerprint density at radius 2 is 1.31 bits per heavy atom. The first-order valence-corrected chi connectivity index (χ1v) is 15.6. The second-order valence-corrected chi connectivity index (χ2v) is 13.2. The molecule has 45 heavy (non-hydrogen) atoms. The molecular weight excluding hydrogens is 615 g/mol. The number of nitrogens with zero attached hydrogens (tertiary/aromatic N) is 2. The summed E-state index contributed by atoms with van der Waals surface area (Å²) in [5.74, 6) is -4.20. The number of hydrogen-bond donors (Lipinski definition) is 1. The van der Waals surface area contributed by atoms with Gasteiger partial charge in [0.1, 0.15) is 11.5 Å². The van der Waals surface area contributed by atoms with Crippen molar-refractivity contribution in [1.82, 2.24) is 0 Å². The summed E-state index contributed by atoms with van der Waals surface area (Å²) < 4.78 is 6.00. The number of carbonyl (C=O) groups excluding carboxylic acids is 4. The highest BCUT2D eigenvalue weighted by Gasteiger charge is 2.62. The van der Waals surface area contributed by atoms with Crippen LogP contribution in [0, 0.1) is 35.5 Å². The van der Waals surface area contributed by atoms with Crippen molar-refractivity contribution < 1.29 is 29.0 Å². The standard InChI is InChI=1S/C35H26Cl2N2O6/c36-19-1-5-21(6-2-19)38-32(41)25-11-10-24-26(30(25)34(38)43)15-27-31(35(44)39(33(27)42)22-7-3-20(37)4-8-22)29(24)18-13-17-14-23(40)9-12-28(17)45-16-18/h1-10,12,14,16,25-27,29-31,40H,11,13,15H2. The number of halogens is 2. The van der Waals surface area contributed by atoms with Gasteiger partial charge in [-0.3, -0.25) is 29.0 Å². The molecule has 8 nitrogen and oxygen atoms in total. The molecule has 0 radical (unpaired) electrons. The first-order chi connectivity index (χ1) is 21.7. The average Bonchev–Trinajstić information content (AvgIpc) is 3.44. The number of imide groups is 2. The largest absolute Gasteiger partial charge is 0.508 e. The van der Waals surface area contributed by atoms with Crippen molar-refractivity contribution in [3.63, 3.8) is 0 Å². The van der Waals surface area contributed by atoms with Crippen LogP contribution >= 0.6 is 23.2 Å². The van der Waals surface area contributed by atoms with Crippen LogP contribution in [0.4, 0.5) is 11.4 Å². The van der Waals surface area contributed by atoms with Crippen molar-refractivity contribution in [2.75, 3.05) is 9.80 Å². The van der Waals surface area contributed by atoms with E-state index in [9.17, 15) is 24.3 Å². The van der Waals surface area contributed by atoms with E-state index in [-0.39, 0.29) is 35.8 Å². The molecule has 0 aromatic heterocycles. The fourth-order valence-corrected chi connectivity index (χ4v) is 8.35. The van der Waals surface area contributed by atoms with Crippen LogP contribution in [0.3, 0.4) is 0 Å². The Hall–Kier alpha value is -4.40. The van der Waals surface area contributed by atoms with E-state index < -0.39 is 35.5 Å². The average molecular weight is 642 g/mol. The lowest BCUT2D eigenvalue weighted by Gasteiger charge is -2.45. The number of phenolic OH excluding ortho intramolecular Hbond substituents is 1. The zero-order valence-electron chi connectivity index (χ0n) is 23.7. The van der Waals surface area contributed by atoms with E-state index in [1.54, 1.807) is 73.0 Å². The molecule has 6 atom stereocenters. The Morgan fingerprint density at radius 3 is 1.96 bits per heavy atom. The van der Waals surface area contributed by atoms with Crippen LogP contribution in [0.1, 0.15) is 18.4 Å². The van der Waals surface area contributed by atoms with Crippen LogP contribution < -0.4 is 14.5 Å². The molecule has 3 fully saturated rings. The molecule has 2 saturated heterocycles. The minimum Gasteiger partial charge on any atom is -0.508 e. The second kappa shape index (κ2) is 10.3. The summed E-state index contributed by atoms with van der Waals surface area (Å²) in [5, 5.41) is 11.2. The first-order valence-electron chi connectivity index (χ1n) is 14.9. The van der Waals surface area contributed by atoms with Gasteiger partial charge in [0.15, 0.2) is 0 Å². The zero-order chi connectivity index (χ0) is 31.1. The molecule has 0 spiro atoms. The predicted molar refractivity (Wildman–Crippen MR) is 167 cm³/mol. The van der Waals surface area contributed by atoms with Crippen molar-refractivity contribution in [2.45, 2.75) is 19.3 Å². The molecule has 1 N–H and O–H groups in total. The lowest BCUT2D eigenvalue weighted by molar-refractivity contribution is -0.126. The number of allylic oxidation sites excluding steroid dienone is 3. The van der Waals surface area contributed by atoms with Gasteiger partial charge in [0, 0.05) is 27.9 Å². The van der Waals surface area contributed by atoms with E-state index in [0.29, 0.717) is 40.0 Å². The van der Waals surface area contributed by atoms with Gasteiger partial charge in [0.05, 0.1) is 41.3 Å². The number of phenols is 1. The van der Waals surface area contributed by atoms with E-state index in [4.69, 9.17) is 27.9 Å². The molecule has 8 rings (SSSR count). The lowest BCUT2D eigenvalue weighted by atomic mass is 9.56. The fraction of sp³-hybridized carbons (Fsp3) is 0.257. The van der Waals surface area contributed by atoms with Crippen LogP contribution in [-0.2, 0) is 25.6 Å². The van der Waals surface area contributed by atoms with Crippen LogP contribution in [0.5, 0.6) is 11.5 Å². The maximum atomic E-state index is 14.3. The molecule has 3 aromatic carbocycles. The van der Waals surface area contributed by atoms with E-state index in [1.807, 2.05) is 6.08 Å². The minimum atomic E-state index is -0.722. The monoisotopic (exact) mass is 640 g/mol. The maximum absolute atomic E-state index is 14.3. The quantitative estimate of drug-likeness (QED) is 0.274. The number of carbonyl (C=O) groups is 4. The Bertz CT molecular complexity index is 1870. The number of hydrogen-bond acceptors (Lipinski definition) is 6. The molecule has 2 aliphatic carbocycles. The van der Waals surface area contributed by atoms with Gasteiger partial charge in [-0.25, -0.2) is 0 Å². The lowest BCUT2D eigenvalue weighted by Crippen LogP contribution is -2.45. The number of benzene rings is 3. The van der Waals surface area contributed by atoms with Gasteiger partial charge in [-0.1, -0.05) is 34.9 Å². The molecule has 10 heteroatoms. The van der Waals surface area contributed by atoms with Crippen molar-refractivity contribution in [3.05, 3.63) is 106 Å². The Labute approximate surface area is 268 Å². The summed E-state index contributed by atoms with van der Waals surface area (Å²) in [6.07, 6.45) is 4.64. The van der Waals surface area contributed by atoms with Gasteiger partial charge in [-0.2, -0.15) is 0 Å². The molecule has 3 heterocycles. The SMILES string of the molecule is O=C1C2CC=C3C(CC4C(=O)N(c5ccc(Cl)cc5)C(=O)C4C3C3=COc4ccc(O)cc4C3)C2C(=O)N1c1ccc(Cl)cc1. The highest BCUT2D eigenvalue weighted by atomic mass is 35.5. The minimum absolute atomic E-state index is 0.0936. The Kier molecular flexibility index (Phi) is 6.45. The van der Waals surface area contributed by atoms with Gasteiger partial charge in [-0.15, -0.1) is 0 Å². The molecule has 3 aromatic rings. The predicted octanol–water partition coefficient (Wildman–Crippen LogP) is 6.10. The summed E-state index contributed by atoms with van der Waals surface area (Å²) in [5.41, 5.74) is 3.31. The van der Waals surface area contributed by atoms with E-state index in [1.165, 1.54) is 9.80 Å². The zero-order valence-corrected chi connectivity index (χ0v) is 25.2. The topological polar surface area (TPSA) is 104 Å². The van der Waals surface area contributed by atoms with Crippen molar-refractivity contribution in [2.24, 2.45) is 35.5 Å². The summed E-state index contributed by atoms with van der Waals surface area (Å²) >= 11 is 12.2. The van der Waals surface area contributed by atoms with Crippen LogP contribution in [-0.4, -0.2) is 28.7 Å².